The molecule has 5 nitrogen and oxygen atoms in total. The number of rotatable bonds is 4. The Bertz CT molecular complexity index is 472. The second-order valence-corrected chi connectivity index (χ2v) is 4.57. The van der Waals surface area contributed by atoms with Crippen LogP contribution in [0.25, 0.3) is 0 Å². The number of methoxy groups -OCH3 is 2. The molecular formula is C14H18N2O3. The number of nitriles is 1. The van der Waals surface area contributed by atoms with Gasteiger partial charge in [0.2, 0.25) is 0 Å². The molecule has 2 rings (SSSR count). The molecule has 1 aromatic rings. The second-order valence-electron chi connectivity index (χ2n) is 4.57. The van der Waals surface area contributed by atoms with Crippen LogP contribution in [0, 0.1) is 11.3 Å². The van der Waals surface area contributed by atoms with Crippen LogP contribution in [0.4, 0.5) is 5.69 Å². The number of benzene rings is 1. The molecular weight excluding hydrogens is 244 g/mol. The molecule has 0 aliphatic carbocycles. The average molecular weight is 262 g/mol. The third-order valence-corrected chi connectivity index (χ3v) is 3.53. The molecule has 5 heteroatoms. The second kappa shape index (κ2) is 6.02. The Morgan fingerprint density at radius 1 is 1.32 bits per heavy atom. The van der Waals surface area contributed by atoms with E-state index in [2.05, 4.69) is 11.0 Å². The van der Waals surface area contributed by atoms with Gasteiger partial charge < -0.3 is 19.5 Å². The van der Waals surface area contributed by atoms with E-state index >= 15 is 0 Å². The molecule has 1 N–H and O–H groups in total. The molecule has 1 saturated heterocycles. The molecule has 102 valence electrons. The molecule has 0 aromatic heterocycles. The van der Waals surface area contributed by atoms with Crippen molar-refractivity contribution in [1.29, 1.82) is 5.26 Å². The zero-order valence-electron chi connectivity index (χ0n) is 11.2. The van der Waals surface area contributed by atoms with Crippen LogP contribution in [0.3, 0.4) is 0 Å². The van der Waals surface area contributed by atoms with Crippen molar-refractivity contribution < 1.29 is 14.6 Å². The number of hydrogen-bond donors (Lipinski definition) is 1. The first-order valence-corrected chi connectivity index (χ1v) is 6.18. The lowest BCUT2D eigenvalue weighted by Gasteiger charge is -2.19. The van der Waals surface area contributed by atoms with Gasteiger partial charge in [-0.2, -0.15) is 5.26 Å². The first kappa shape index (κ1) is 13.8. The molecule has 0 saturated carbocycles. The van der Waals surface area contributed by atoms with Crippen molar-refractivity contribution in [2.45, 2.75) is 18.8 Å². The van der Waals surface area contributed by atoms with Gasteiger partial charge in [0.1, 0.15) is 18.3 Å². The van der Waals surface area contributed by atoms with Crippen molar-refractivity contribution in [1.82, 2.24) is 0 Å². The van der Waals surface area contributed by atoms with Crippen molar-refractivity contribution in [2.24, 2.45) is 0 Å². The Morgan fingerprint density at radius 2 is 1.95 bits per heavy atom. The van der Waals surface area contributed by atoms with Crippen molar-refractivity contribution in [3.8, 4) is 6.07 Å². The Labute approximate surface area is 113 Å². The maximum atomic E-state index is 9.22. The highest BCUT2D eigenvalue weighted by Crippen LogP contribution is 2.27. The lowest BCUT2D eigenvalue weighted by Crippen LogP contribution is -2.27. The van der Waals surface area contributed by atoms with Gasteiger partial charge in [-0.25, -0.2) is 0 Å². The monoisotopic (exact) mass is 262 g/mol. The van der Waals surface area contributed by atoms with Gasteiger partial charge in [-0.3, -0.25) is 0 Å². The maximum Gasteiger partial charge on any atom is 0.102 e. The van der Waals surface area contributed by atoms with Crippen LogP contribution in [-0.4, -0.2) is 44.6 Å². The minimum absolute atomic E-state index is 0.00839. The van der Waals surface area contributed by atoms with E-state index in [-0.39, 0.29) is 18.8 Å². The van der Waals surface area contributed by atoms with E-state index in [1.807, 2.05) is 12.1 Å². The number of hydrogen-bond acceptors (Lipinski definition) is 5. The van der Waals surface area contributed by atoms with Gasteiger partial charge in [-0.1, -0.05) is 6.07 Å². The van der Waals surface area contributed by atoms with E-state index in [0.717, 1.165) is 11.3 Å². The van der Waals surface area contributed by atoms with Crippen LogP contribution in [0.5, 0.6) is 0 Å². The predicted molar refractivity (Wildman–Crippen MR) is 70.9 cm³/mol. The SMILES string of the molecule is COC1CN(c2ccc(CO)cc2C#N)CC1OC. The summed E-state index contributed by atoms with van der Waals surface area (Å²) >= 11 is 0. The first-order chi connectivity index (χ1) is 9.23. The van der Waals surface area contributed by atoms with Crippen LogP contribution in [-0.2, 0) is 16.1 Å². The third-order valence-electron chi connectivity index (χ3n) is 3.53. The summed E-state index contributed by atoms with van der Waals surface area (Å²) in [5.74, 6) is 0. The highest BCUT2D eigenvalue weighted by atomic mass is 16.5. The van der Waals surface area contributed by atoms with Gasteiger partial charge in [-0.05, 0) is 17.7 Å². The van der Waals surface area contributed by atoms with Crippen LogP contribution < -0.4 is 4.90 Å². The van der Waals surface area contributed by atoms with E-state index in [1.54, 1.807) is 20.3 Å². The van der Waals surface area contributed by atoms with Gasteiger partial charge in [-0.15, -0.1) is 0 Å². The molecule has 1 heterocycles. The Morgan fingerprint density at radius 3 is 2.42 bits per heavy atom. The Balaban J connectivity index is 2.26. The van der Waals surface area contributed by atoms with Crippen molar-refractivity contribution >= 4 is 5.69 Å². The molecule has 1 fully saturated rings. The van der Waals surface area contributed by atoms with Gasteiger partial charge in [0, 0.05) is 27.3 Å². The predicted octanol–water partition coefficient (Wildman–Crippen LogP) is 0.901. The molecule has 2 atom stereocenters. The molecule has 1 aromatic carbocycles. The standard InChI is InChI=1S/C14H18N2O3/c1-18-13-7-16(8-14(13)19-2)12-4-3-10(9-17)5-11(12)6-15/h3-5,13-14,17H,7-9H2,1-2H3. The van der Waals surface area contributed by atoms with Crippen LogP contribution >= 0.6 is 0 Å². The van der Waals surface area contributed by atoms with E-state index in [1.165, 1.54) is 0 Å². The molecule has 1 aliphatic heterocycles. The van der Waals surface area contributed by atoms with Gasteiger partial charge >= 0.3 is 0 Å². The lowest BCUT2D eigenvalue weighted by atomic mass is 10.1. The van der Waals surface area contributed by atoms with Gasteiger partial charge in [0.25, 0.3) is 0 Å². The fourth-order valence-electron chi connectivity index (χ4n) is 2.44. The summed E-state index contributed by atoms with van der Waals surface area (Å²) in [6.07, 6.45) is 0.0168. The Hall–Kier alpha value is -1.61. The number of anilines is 1. The molecule has 0 radical (unpaired) electrons. The summed E-state index contributed by atoms with van der Waals surface area (Å²) in [6.45, 7) is 1.33. The third kappa shape index (κ3) is 2.71. The molecule has 19 heavy (non-hydrogen) atoms. The van der Waals surface area contributed by atoms with Crippen LogP contribution in [0.15, 0.2) is 18.2 Å². The molecule has 0 bridgehead atoms. The zero-order valence-corrected chi connectivity index (χ0v) is 11.2. The summed E-state index contributed by atoms with van der Waals surface area (Å²) in [7, 11) is 3.33. The molecule has 1 aliphatic rings. The Kier molecular flexibility index (Phi) is 4.38. The quantitative estimate of drug-likeness (QED) is 0.873. The smallest absolute Gasteiger partial charge is 0.102 e. The summed E-state index contributed by atoms with van der Waals surface area (Å²) in [4.78, 5) is 2.09. The maximum absolute atomic E-state index is 9.22. The van der Waals surface area contributed by atoms with Crippen molar-refractivity contribution in [2.75, 3.05) is 32.2 Å². The summed E-state index contributed by atoms with van der Waals surface area (Å²) in [6, 6.07) is 7.60. The fourth-order valence-corrected chi connectivity index (χ4v) is 2.44. The minimum Gasteiger partial charge on any atom is -0.392 e. The molecule has 0 spiro atoms. The first-order valence-electron chi connectivity index (χ1n) is 6.18. The van der Waals surface area contributed by atoms with Crippen LogP contribution in [0.1, 0.15) is 11.1 Å². The fraction of sp³-hybridized carbons (Fsp3) is 0.500. The highest BCUT2D eigenvalue weighted by molar-refractivity contribution is 5.61. The number of ether oxygens (including phenoxy) is 2. The number of aliphatic hydroxyl groups is 1. The summed E-state index contributed by atoms with van der Waals surface area (Å²) in [5.41, 5.74) is 2.17. The number of aliphatic hydroxyl groups excluding tert-OH is 1. The molecule has 2 unspecified atom stereocenters. The van der Waals surface area contributed by atoms with Crippen molar-refractivity contribution in [3.63, 3.8) is 0 Å². The largest absolute Gasteiger partial charge is 0.392 e. The highest BCUT2D eigenvalue weighted by Gasteiger charge is 2.33. The van der Waals surface area contributed by atoms with Gasteiger partial charge in [0.05, 0.1) is 17.9 Å². The van der Waals surface area contributed by atoms with E-state index in [4.69, 9.17) is 14.6 Å². The number of nitrogens with zero attached hydrogens (tertiary/aromatic N) is 2. The van der Waals surface area contributed by atoms with E-state index < -0.39 is 0 Å². The molecule has 0 amide bonds. The van der Waals surface area contributed by atoms with Crippen molar-refractivity contribution in [3.05, 3.63) is 29.3 Å². The lowest BCUT2D eigenvalue weighted by molar-refractivity contribution is -0.00461. The normalized spacial score (nSPS) is 22.5. The zero-order chi connectivity index (χ0) is 13.8. The van der Waals surface area contributed by atoms with Gasteiger partial charge in [0.15, 0.2) is 0 Å². The van der Waals surface area contributed by atoms with E-state index in [9.17, 15) is 5.26 Å². The summed E-state index contributed by atoms with van der Waals surface area (Å²) in [5, 5.41) is 18.3. The topological polar surface area (TPSA) is 65.7 Å². The van der Waals surface area contributed by atoms with E-state index in [0.29, 0.717) is 18.7 Å². The van der Waals surface area contributed by atoms with Crippen LogP contribution in [0.2, 0.25) is 0 Å². The average Bonchev–Trinajstić information content (AvgIpc) is 2.89. The summed E-state index contributed by atoms with van der Waals surface area (Å²) < 4.78 is 10.8. The minimum atomic E-state index is -0.0592.